The van der Waals surface area contributed by atoms with Crippen molar-refractivity contribution in [2.24, 2.45) is 4.30 Å². The molecule has 0 bridgehead atoms. The van der Waals surface area contributed by atoms with Gasteiger partial charge >= 0.3 is 0 Å². The van der Waals surface area contributed by atoms with Crippen LogP contribution in [0, 0.1) is 0 Å². The molecule has 0 spiro atoms. The van der Waals surface area contributed by atoms with Crippen LogP contribution >= 0.6 is 0 Å². The molecule has 0 rings (SSSR count). The maximum absolute atomic E-state index is 5.06. The Bertz CT molecular complexity index is 418. The van der Waals surface area contributed by atoms with E-state index < -0.39 is 51.1 Å². The fourth-order valence-corrected chi connectivity index (χ4v) is 35.9. The second-order valence-electron chi connectivity index (χ2n) is 9.17. The second-order valence-corrected chi connectivity index (χ2v) is 31.3. The van der Waals surface area contributed by atoms with Gasteiger partial charge in [-0.15, -0.1) is 0 Å². The Morgan fingerprint density at radius 1 is 0.696 bits per heavy atom. The van der Waals surface area contributed by atoms with Crippen molar-refractivity contribution in [3.8, 4) is 0 Å². The van der Waals surface area contributed by atoms with Crippen LogP contribution in [-0.4, -0.2) is 51.1 Å². The summed E-state index contributed by atoms with van der Waals surface area (Å²) in [6, 6.07) is 0. The Morgan fingerprint density at radius 3 is 1.48 bits per heavy atom. The lowest BCUT2D eigenvalue weighted by Crippen LogP contribution is -2.80. The molecular weight excluding hydrogens is 383 g/mol. The maximum atomic E-state index is 5.06. The Hall–Kier alpha value is 0.941. The first-order valence-electron chi connectivity index (χ1n) is 8.64. The van der Waals surface area contributed by atoms with Crippen LogP contribution in [0.3, 0.4) is 0 Å². The lowest BCUT2D eigenvalue weighted by Gasteiger charge is -2.42. The molecule has 0 aliphatic carbocycles. The summed E-state index contributed by atoms with van der Waals surface area (Å²) in [5.41, 5.74) is 0. The molecule has 0 aliphatic heterocycles. The number of hydrogen-bond donors (Lipinski definition) is 4. The third kappa shape index (κ3) is 12.0. The lowest BCUT2D eigenvalue weighted by atomic mass is 11.9. The smallest absolute Gasteiger partial charge is 0.229 e. The van der Waals surface area contributed by atoms with Gasteiger partial charge in [-0.05, 0) is 65.5 Å². The summed E-state index contributed by atoms with van der Waals surface area (Å²) >= 11 is 0. The van der Waals surface area contributed by atoms with Gasteiger partial charge in [0.2, 0.25) is 8.40 Å². The third-order valence-electron chi connectivity index (χ3n) is 3.02. The van der Waals surface area contributed by atoms with E-state index in [0.717, 1.165) is 0 Å². The van der Waals surface area contributed by atoms with Gasteiger partial charge in [0, 0.05) is 0 Å². The van der Waals surface area contributed by atoms with Crippen molar-refractivity contribution in [2.75, 3.05) is 0 Å². The zero-order valence-electron chi connectivity index (χ0n) is 17.5. The van der Waals surface area contributed by atoms with Gasteiger partial charge < -0.3 is 22.9 Å². The topological polar surface area (TPSA) is 60.5 Å². The molecule has 0 amide bonds. The molecular formula is C12H41N5Si6. The summed E-state index contributed by atoms with van der Waals surface area (Å²) in [6.45, 7) is 28.4. The summed E-state index contributed by atoms with van der Waals surface area (Å²) < 4.78 is 21.0. The van der Waals surface area contributed by atoms with Gasteiger partial charge in [-0.25, -0.2) is 0 Å². The molecule has 4 N–H and O–H groups in total. The maximum Gasteiger partial charge on any atom is 0.229 e. The van der Waals surface area contributed by atoms with Gasteiger partial charge in [-0.1, -0.05) is 13.1 Å². The predicted octanol–water partition coefficient (Wildman–Crippen LogP) is 2.66. The zero-order valence-corrected chi connectivity index (χ0v) is 23.7. The summed E-state index contributed by atoms with van der Waals surface area (Å²) in [5, 5.41) is 0. The molecule has 0 heterocycles. The van der Waals surface area contributed by atoms with Crippen molar-refractivity contribution in [1.82, 2.24) is 18.6 Å². The minimum Gasteiger partial charge on any atom is -0.354 e. The first-order valence-corrected chi connectivity index (χ1v) is 25.9. The lowest BCUT2D eigenvalue weighted by molar-refractivity contribution is 1.10. The molecule has 5 nitrogen and oxygen atoms in total. The molecule has 0 saturated heterocycles. The molecule has 0 atom stereocenters. The first kappa shape index (κ1) is 23.9. The van der Waals surface area contributed by atoms with E-state index in [9.17, 15) is 0 Å². The fourth-order valence-electron chi connectivity index (χ4n) is 3.73. The molecule has 0 aromatic rings. The number of nitrogens with one attached hydrogen (secondary N) is 4. The van der Waals surface area contributed by atoms with E-state index >= 15 is 0 Å². The molecule has 138 valence electrons. The van der Waals surface area contributed by atoms with Crippen molar-refractivity contribution in [3.63, 3.8) is 0 Å². The van der Waals surface area contributed by atoms with Gasteiger partial charge in [0.25, 0.3) is 0 Å². The van der Waals surface area contributed by atoms with Crippen LogP contribution in [0.4, 0.5) is 0 Å². The number of nitrogens with zero attached hydrogens (tertiary/aromatic N) is 1. The van der Waals surface area contributed by atoms with Crippen LogP contribution in [0.1, 0.15) is 0 Å². The normalized spacial score (nSPS) is 14.3. The van der Waals surface area contributed by atoms with E-state index in [-0.39, 0.29) is 0 Å². The molecule has 0 aromatic heterocycles. The van der Waals surface area contributed by atoms with E-state index in [1.165, 1.54) is 0 Å². The third-order valence-corrected chi connectivity index (χ3v) is 27.2. The number of rotatable bonds is 9. The molecule has 0 radical (unpaired) electrons. The summed E-state index contributed by atoms with van der Waals surface area (Å²) in [4.78, 5) is 0. The van der Waals surface area contributed by atoms with Gasteiger partial charge in [-0.2, -0.15) is 0 Å². The highest BCUT2D eigenvalue weighted by Crippen LogP contribution is 2.09. The molecule has 0 fully saturated rings. The molecule has 11 heteroatoms. The first-order chi connectivity index (χ1) is 9.95. The zero-order chi connectivity index (χ0) is 18.7. The average molecular weight is 424 g/mol. The Kier molecular flexibility index (Phi) is 8.90. The van der Waals surface area contributed by atoms with Crippen molar-refractivity contribution in [3.05, 3.63) is 0 Å². The Balaban J connectivity index is 4.96. The van der Waals surface area contributed by atoms with Crippen LogP contribution in [0.15, 0.2) is 4.30 Å². The highest BCUT2D eigenvalue weighted by Gasteiger charge is 2.39. The minimum atomic E-state index is -1.69. The molecule has 0 unspecified atom stereocenters. The van der Waals surface area contributed by atoms with Crippen molar-refractivity contribution in [1.29, 1.82) is 0 Å². The fraction of sp³-hybridized carbons (Fsp3) is 1.00. The largest absolute Gasteiger partial charge is 0.354 e. The van der Waals surface area contributed by atoms with E-state index in [0.29, 0.717) is 0 Å². The Morgan fingerprint density at radius 2 is 1.09 bits per heavy atom. The van der Waals surface area contributed by atoms with Crippen molar-refractivity contribution >= 4 is 51.1 Å². The second kappa shape index (κ2) is 8.55. The van der Waals surface area contributed by atoms with Crippen LogP contribution < -0.4 is 18.6 Å². The molecule has 23 heavy (non-hydrogen) atoms. The predicted molar refractivity (Wildman–Crippen MR) is 121 cm³/mol. The minimum absolute atomic E-state index is 0.532. The van der Waals surface area contributed by atoms with Crippen LogP contribution in [0.25, 0.3) is 0 Å². The van der Waals surface area contributed by atoms with E-state index in [4.69, 9.17) is 4.30 Å². The van der Waals surface area contributed by atoms with Gasteiger partial charge in [0.15, 0.2) is 25.2 Å². The average Bonchev–Trinajstić information content (AvgIpc) is 2.02. The highest BCUT2D eigenvalue weighted by atomic mass is 28.5. The van der Waals surface area contributed by atoms with E-state index in [1.807, 2.05) is 0 Å². The van der Waals surface area contributed by atoms with Crippen molar-refractivity contribution in [2.45, 2.75) is 78.6 Å². The van der Waals surface area contributed by atoms with Crippen LogP contribution in [-0.2, 0) is 0 Å². The SMILES string of the molecule is C[Si](C)=N[Si](C)(C)N[Si](C)(C)N[Si](C)(C)N[Si](C)(C)N[SiH](C)C. The molecule has 0 saturated carbocycles. The van der Waals surface area contributed by atoms with E-state index in [1.54, 1.807) is 0 Å². The quantitative estimate of drug-likeness (QED) is 0.431. The van der Waals surface area contributed by atoms with Gasteiger partial charge in [-0.3, -0.25) is 0 Å². The van der Waals surface area contributed by atoms with Gasteiger partial charge in [0.05, 0.1) is 8.96 Å². The Labute approximate surface area is 152 Å². The summed E-state index contributed by atoms with van der Waals surface area (Å²) in [7, 11) is -7.86. The highest BCUT2D eigenvalue weighted by molar-refractivity contribution is 7.00. The monoisotopic (exact) mass is 423 g/mol. The van der Waals surface area contributed by atoms with Crippen LogP contribution in [0.5, 0.6) is 0 Å². The van der Waals surface area contributed by atoms with Crippen molar-refractivity contribution < 1.29 is 0 Å². The standard InChI is InChI=1S/C12H41N5Si6/c1-18(2)13-20(5,6)15-22(9,10)17-23(11,12)16-21(7,8)14-19(3)4/h13,15-18H,1-12H3. The van der Waals surface area contributed by atoms with Crippen LogP contribution in [0.2, 0.25) is 78.6 Å². The summed E-state index contributed by atoms with van der Waals surface area (Å²) in [5.74, 6) is 0. The van der Waals surface area contributed by atoms with Gasteiger partial charge in [0.1, 0.15) is 8.59 Å². The molecule has 0 aromatic carbocycles. The van der Waals surface area contributed by atoms with E-state index in [2.05, 4.69) is 97.2 Å². The number of hydrogen-bond acceptors (Lipinski definition) is 5. The molecule has 0 aliphatic rings. The summed E-state index contributed by atoms with van der Waals surface area (Å²) in [6.07, 6.45) is 0.